The number of nitrogens with zero attached hydrogens (tertiary/aromatic N) is 1. The summed E-state index contributed by atoms with van der Waals surface area (Å²) in [5.74, 6) is 0.783. The lowest BCUT2D eigenvalue weighted by Crippen LogP contribution is -2.29. The summed E-state index contributed by atoms with van der Waals surface area (Å²) in [5.41, 5.74) is 1.85. The number of benzene rings is 1. The van der Waals surface area contributed by atoms with Crippen molar-refractivity contribution in [2.75, 3.05) is 18.6 Å². The van der Waals surface area contributed by atoms with Crippen molar-refractivity contribution in [1.29, 1.82) is 0 Å². The Hall–Kier alpha value is -1.71. The molecule has 0 radical (unpaired) electrons. The maximum atomic E-state index is 11.1. The second-order valence-electron chi connectivity index (χ2n) is 3.89. The smallest absolute Gasteiger partial charge is 0.411 e. The Bertz CT molecular complexity index is 403. The quantitative estimate of drug-likeness (QED) is 0.792. The van der Waals surface area contributed by atoms with Gasteiger partial charge in [0.15, 0.2) is 0 Å². The molecule has 1 N–H and O–H groups in total. The maximum Gasteiger partial charge on any atom is 0.411 e. The molecule has 1 aromatic carbocycles. The van der Waals surface area contributed by atoms with E-state index in [1.807, 2.05) is 12.1 Å². The fourth-order valence-electron chi connectivity index (χ4n) is 2.06. The summed E-state index contributed by atoms with van der Waals surface area (Å²) in [6.07, 6.45) is 1.96. The van der Waals surface area contributed by atoms with Crippen LogP contribution in [0.2, 0.25) is 0 Å². The van der Waals surface area contributed by atoms with Gasteiger partial charge in [-0.3, -0.25) is 4.90 Å². The summed E-state index contributed by atoms with van der Waals surface area (Å²) in [5, 5.41) is 9.13. The molecule has 2 rings (SSSR count). The lowest BCUT2D eigenvalue weighted by Gasteiger charge is -2.19. The summed E-state index contributed by atoms with van der Waals surface area (Å²) in [7, 11) is 1.62. The van der Waals surface area contributed by atoms with Crippen LogP contribution in [-0.4, -0.2) is 24.9 Å². The highest BCUT2D eigenvalue weighted by Crippen LogP contribution is 2.29. The van der Waals surface area contributed by atoms with Gasteiger partial charge in [-0.25, -0.2) is 4.79 Å². The zero-order valence-electron chi connectivity index (χ0n) is 9.27. The number of rotatable bonds is 1. The molecule has 1 heterocycles. The molecule has 0 saturated carbocycles. The summed E-state index contributed by atoms with van der Waals surface area (Å²) in [4.78, 5) is 12.5. The van der Waals surface area contributed by atoms with Gasteiger partial charge in [-0.2, -0.15) is 0 Å². The standard InChI is InChI=1S/C12H15NO3/c1-16-10-5-6-11-9(8-10)4-2-3-7-13(11)12(14)15/h5-6,8H,2-4,7H2,1H3,(H,14,15). The summed E-state index contributed by atoms with van der Waals surface area (Å²) < 4.78 is 5.15. The van der Waals surface area contributed by atoms with Gasteiger partial charge >= 0.3 is 6.09 Å². The molecule has 0 spiro atoms. The monoisotopic (exact) mass is 221 g/mol. The third-order valence-electron chi connectivity index (χ3n) is 2.89. The number of fused-ring (bicyclic) bond motifs is 1. The van der Waals surface area contributed by atoms with Crippen molar-refractivity contribution in [3.8, 4) is 5.75 Å². The molecule has 0 saturated heterocycles. The minimum absolute atomic E-state index is 0.578. The van der Waals surface area contributed by atoms with E-state index in [0.717, 1.165) is 36.3 Å². The van der Waals surface area contributed by atoms with Crippen LogP contribution in [-0.2, 0) is 6.42 Å². The Morgan fingerprint density at radius 2 is 2.25 bits per heavy atom. The van der Waals surface area contributed by atoms with Gasteiger partial charge in [-0.05, 0) is 43.0 Å². The third kappa shape index (κ3) is 1.96. The van der Waals surface area contributed by atoms with Crippen molar-refractivity contribution < 1.29 is 14.6 Å². The molecule has 1 aliphatic heterocycles. The lowest BCUT2D eigenvalue weighted by molar-refractivity contribution is 0.202. The van der Waals surface area contributed by atoms with Crippen molar-refractivity contribution in [3.05, 3.63) is 23.8 Å². The second kappa shape index (κ2) is 4.43. The fourth-order valence-corrected chi connectivity index (χ4v) is 2.06. The van der Waals surface area contributed by atoms with Crippen LogP contribution >= 0.6 is 0 Å². The van der Waals surface area contributed by atoms with Crippen molar-refractivity contribution >= 4 is 11.8 Å². The van der Waals surface area contributed by atoms with Crippen molar-refractivity contribution in [3.63, 3.8) is 0 Å². The van der Waals surface area contributed by atoms with E-state index < -0.39 is 6.09 Å². The van der Waals surface area contributed by atoms with Gasteiger partial charge in [0.2, 0.25) is 0 Å². The van der Waals surface area contributed by atoms with Crippen LogP contribution in [0, 0.1) is 0 Å². The zero-order chi connectivity index (χ0) is 11.5. The Kier molecular flexibility index (Phi) is 2.99. The summed E-state index contributed by atoms with van der Waals surface area (Å²) >= 11 is 0. The van der Waals surface area contributed by atoms with Gasteiger partial charge in [0.25, 0.3) is 0 Å². The van der Waals surface area contributed by atoms with E-state index in [0.29, 0.717) is 6.54 Å². The van der Waals surface area contributed by atoms with Crippen LogP contribution < -0.4 is 9.64 Å². The fraction of sp³-hybridized carbons (Fsp3) is 0.417. The molecule has 0 atom stereocenters. The molecular formula is C12H15NO3. The lowest BCUT2D eigenvalue weighted by atomic mass is 10.1. The van der Waals surface area contributed by atoms with E-state index in [1.165, 1.54) is 4.90 Å². The Morgan fingerprint density at radius 3 is 2.94 bits per heavy atom. The van der Waals surface area contributed by atoms with Crippen LogP contribution in [0.25, 0.3) is 0 Å². The predicted molar refractivity (Wildman–Crippen MR) is 61.3 cm³/mol. The van der Waals surface area contributed by atoms with Gasteiger partial charge in [-0.15, -0.1) is 0 Å². The molecule has 16 heavy (non-hydrogen) atoms. The van der Waals surface area contributed by atoms with Gasteiger partial charge in [-0.1, -0.05) is 0 Å². The second-order valence-corrected chi connectivity index (χ2v) is 3.89. The zero-order valence-corrected chi connectivity index (χ0v) is 9.27. The molecule has 4 heteroatoms. The molecule has 0 bridgehead atoms. The number of hydrogen-bond acceptors (Lipinski definition) is 2. The van der Waals surface area contributed by atoms with Crippen LogP contribution in [0.4, 0.5) is 10.5 Å². The third-order valence-corrected chi connectivity index (χ3v) is 2.89. The number of aryl methyl sites for hydroxylation is 1. The number of carbonyl (C=O) groups is 1. The first kappa shape index (κ1) is 10.8. The average Bonchev–Trinajstić information content (AvgIpc) is 2.49. The van der Waals surface area contributed by atoms with Crippen molar-refractivity contribution in [2.45, 2.75) is 19.3 Å². The van der Waals surface area contributed by atoms with E-state index in [4.69, 9.17) is 9.84 Å². The highest BCUT2D eigenvalue weighted by atomic mass is 16.5. The number of anilines is 1. The molecule has 0 aliphatic carbocycles. The molecule has 1 aromatic rings. The maximum absolute atomic E-state index is 11.1. The Balaban J connectivity index is 2.42. The van der Waals surface area contributed by atoms with Gasteiger partial charge in [0.05, 0.1) is 12.8 Å². The van der Waals surface area contributed by atoms with Crippen molar-refractivity contribution in [2.24, 2.45) is 0 Å². The molecule has 0 fully saturated rings. The van der Waals surface area contributed by atoms with Gasteiger partial charge < -0.3 is 9.84 Å². The topological polar surface area (TPSA) is 49.8 Å². The number of hydrogen-bond donors (Lipinski definition) is 1. The average molecular weight is 221 g/mol. The van der Waals surface area contributed by atoms with Crippen LogP contribution in [0.15, 0.2) is 18.2 Å². The van der Waals surface area contributed by atoms with Crippen LogP contribution in [0.3, 0.4) is 0 Å². The van der Waals surface area contributed by atoms with Crippen molar-refractivity contribution in [1.82, 2.24) is 0 Å². The van der Waals surface area contributed by atoms with Crippen LogP contribution in [0.5, 0.6) is 5.75 Å². The largest absolute Gasteiger partial charge is 0.497 e. The first-order valence-corrected chi connectivity index (χ1v) is 5.40. The van der Waals surface area contributed by atoms with E-state index in [-0.39, 0.29) is 0 Å². The SMILES string of the molecule is COc1ccc2c(c1)CCCCN2C(=O)O. The first-order valence-electron chi connectivity index (χ1n) is 5.40. The highest BCUT2D eigenvalue weighted by molar-refractivity contribution is 5.87. The normalized spacial score (nSPS) is 15.2. The molecule has 0 unspecified atom stereocenters. The van der Waals surface area contributed by atoms with E-state index >= 15 is 0 Å². The van der Waals surface area contributed by atoms with E-state index in [9.17, 15) is 4.79 Å². The Morgan fingerprint density at radius 1 is 1.44 bits per heavy atom. The predicted octanol–water partition coefficient (Wildman–Crippen LogP) is 2.52. The first-order chi connectivity index (χ1) is 7.72. The van der Waals surface area contributed by atoms with Crippen LogP contribution in [0.1, 0.15) is 18.4 Å². The highest BCUT2D eigenvalue weighted by Gasteiger charge is 2.20. The number of carboxylic acid groups (broad SMARTS) is 1. The summed E-state index contributed by atoms with van der Waals surface area (Å²) in [6.45, 7) is 0.578. The molecule has 86 valence electrons. The van der Waals surface area contributed by atoms with E-state index in [2.05, 4.69) is 0 Å². The Labute approximate surface area is 94.4 Å². The summed E-state index contributed by atoms with van der Waals surface area (Å²) in [6, 6.07) is 5.56. The van der Waals surface area contributed by atoms with E-state index in [1.54, 1.807) is 13.2 Å². The van der Waals surface area contributed by atoms with Gasteiger partial charge in [0.1, 0.15) is 5.75 Å². The number of amides is 1. The number of ether oxygens (including phenoxy) is 1. The minimum Gasteiger partial charge on any atom is -0.497 e. The number of methoxy groups -OCH3 is 1. The molecule has 4 nitrogen and oxygen atoms in total. The molecule has 1 aliphatic rings. The molecular weight excluding hydrogens is 206 g/mol. The molecule has 0 aromatic heterocycles. The minimum atomic E-state index is -0.881. The molecule has 1 amide bonds. The van der Waals surface area contributed by atoms with Gasteiger partial charge in [0, 0.05) is 6.54 Å².